The molecule has 2 nitrogen and oxygen atoms in total. The molecular weight excluding hydrogens is 186 g/mol. The number of piperidine rings is 1. The maximum atomic E-state index is 9.26. The first-order valence-corrected chi connectivity index (χ1v) is 6.71. The molecule has 0 aromatic heterocycles. The highest BCUT2D eigenvalue weighted by Crippen LogP contribution is 2.47. The summed E-state index contributed by atoms with van der Waals surface area (Å²) in [7, 11) is 0. The highest BCUT2D eigenvalue weighted by atomic mass is 16.3. The smallest absolute Gasteiger partial charge is 0.0471 e. The Morgan fingerprint density at radius 1 is 1.13 bits per heavy atom. The predicted molar refractivity (Wildman–Crippen MR) is 60.6 cm³/mol. The van der Waals surface area contributed by atoms with E-state index in [0.29, 0.717) is 12.5 Å². The van der Waals surface area contributed by atoms with Crippen molar-refractivity contribution >= 4 is 0 Å². The number of aliphatic hydroxyl groups is 1. The van der Waals surface area contributed by atoms with Crippen LogP contribution in [-0.2, 0) is 0 Å². The summed E-state index contributed by atoms with van der Waals surface area (Å²) >= 11 is 0. The molecule has 2 bridgehead atoms. The summed E-state index contributed by atoms with van der Waals surface area (Å²) in [6.45, 7) is 2.87. The van der Waals surface area contributed by atoms with Gasteiger partial charge in [0.15, 0.2) is 0 Å². The summed E-state index contributed by atoms with van der Waals surface area (Å²) in [6.07, 6.45) is 8.49. The lowest BCUT2D eigenvalue weighted by Crippen LogP contribution is -2.45. The second kappa shape index (κ2) is 4.06. The van der Waals surface area contributed by atoms with E-state index in [9.17, 15) is 5.11 Å². The summed E-state index contributed by atoms with van der Waals surface area (Å²) in [5.41, 5.74) is 0. The molecule has 0 aromatic carbocycles. The highest BCUT2D eigenvalue weighted by molar-refractivity contribution is 4.96. The molecule has 0 radical (unpaired) electrons. The van der Waals surface area contributed by atoms with Crippen molar-refractivity contribution in [3.63, 3.8) is 0 Å². The second-order valence-electron chi connectivity index (χ2n) is 5.93. The van der Waals surface area contributed by atoms with Gasteiger partial charge in [-0.05, 0) is 56.4 Å². The molecule has 1 saturated heterocycles. The monoisotopic (exact) mass is 209 g/mol. The zero-order valence-corrected chi connectivity index (χ0v) is 9.57. The minimum Gasteiger partial charge on any atom is -0.396 e. The summed E-state index contributed by atoms with van der Waals surface area (Å²) < 4.78 is 0. The molecule has 3 aliphatic rings. The Kier molecular flexibility index (Phi) is 2.73. The Hall–Kier alpha value is -0.0800. The third-order valence-electron chi connectivity index (χ3n) is 4.98. The maximum Gasteiger partial charge on any atom is 0.0471 e. The van der Waals surface area contributed by atoms with Gasteiger partial charge in [0, 0.05) is 19.2 Å². The van der Waals surface area contributed by atoms with Crippen molar-refractivity contribution in [1.82, 2.24) is 4.90 Å². The average molecular weight is 209 g/mol. The van der Waals surface area contributed by atoms with Gasteiger partial charge in [-0.3, -0.25) is 4.90 Å². The lowest BCUT2D eigenvalue weighted by Gasteiger charge is -2.39. The lowest BCUT2D eigenvalue weighted by atomic mass is 9.90. The van der Waals surface area contributed by atoms with Gasteiger partial charge in [0.2, 0.25) is 0 Å². The number of aliphatic hydroxyl groups excluding tert-OH is 1. The highest BCUT2D eigenvalue weighted by Gasteiger charge is 2.42. The standard InChI is InChI=1S/C13H23NO/c15-9-11-2-1-5-14(8-11)13-7-10-3-4-12(13)6-10/h10-13,15H,1-9H2. The number of hydrogen-bond donors (Lipinski definition) is 1. The van der Waals surface area contributed by atoms with E-state index in [4.69, 9.17) is 0 Å². The predicted octanol–water partition coefficient (Wildman–Crippen LogP) is 1.88. The van der Waals surface area contributed by atoms with Crippen molar-refractivity contribution < 1.29 is 5.11 Å². The van der Waals surface area contributed by atoms with Crippen LogP contribution in [0.5, 0.6) is 0 Å². The third-order valence-corrected chi connectivity index (χ3v) is 4.98. The molecule has 3 rings (SSSR count). The van der Waals surface area contributed by atoms with Crippen molar-refractivity contribution in [2.24, 2.45) is 17.8 Å². The fourth-order valence-electron chi connectivity index (χ4n) is 4.21. The Balaban J connectivity index is 1.62. The average Bonchev–Trinajstić information content (AvgIpc) is 2.91. The molecule has 1 aliphatic heterocycles. The molecule has 1 heterocycles. The van der Waals surface area contributed by atoms with E-state index in [-0.39, 0.29) is 0 Å². The molecule has 2 heteroatoms. The van der Waals surface area contributed by atoms with E-state index in [2.05, 4.69) is 4.90 Å². The fraction of sp³-hybridized carbons (Fsp3) is 1.00. The fourth-order valence-corrected chi connectivity index (χ4v) is 4.21. The number of hydrogen-bond acceptors (Lipinski definition) is 2. The summed E-state index contributed by atoms with van der Waals surface area (Å²) in [5, 5.41) is 9.26. The van der Waals surface area contributed by atoms with Gasteiger partial charge >= 0.3 is 0 Å². The molecule has 15 heavy (non-hydrogen) atoms. The molecule has 4 atom stereocenters. The lowest BCUT2D eigenvalue weighted by molar-refractivity contribution is 0.0650. The van der Waals surface area contributed by atoms with Crippen LogP contribution in [0.2, 0.25) is 0 Å². The van der Waals surface area contributed by atoms with Crippen molar-refractivity contribution in [1.29, 1.82) is 0 Å². The van der Waals surface area contributed by atoms with Crippen LogP contribution >= 0.6 is 0 Å². The summed E-state index contributed by atoms with van der Waals surface area (Å²) in [4.78, 5) is 2.70. The SMILES string of the molecule is OCC1CCCN(C2CC3CCC2C3)C1. The van der Waals surface area contributed by atoms with Gasteiger partial charge in [-0.15, -0.1) is 0 Å². The van der Waals surface area contributed by atoms with E-state index in [1.165, 1.54) is 51.6 Å². The van der Waals surface area contributed by atoms with Crippen LogP contribution in [0.25, 0.3) is 0 Å². The van der Waals surface area contributed by atoms with Crippen LogP contribution in [0.4, 0.5) is 0 Å². The van der Waals surface area contributed by atoms with Crippen molar-refractivity contribution in [2.75, 3.05) is 19.7 Å². The minimum absolute atomic E-state index is 0.400. The summed E-state index contributed by atoms with van der Waals surface area (Å²) in [5.74, 6) is 2.62. The zero-order chi connectivity index (χ0) is 10.3. The van der Waals surface area contributed by atoms with Gasteiger partial charge in [0.25, 0.3) is 0 Å². The van der Waals surface area contributed by atoms with E-state index < -0.39 is 0 Å². The first kappa shape index (κ1) is 10.1. The first-order chi connectivity index (χ1) is 7.36. The molecule has 4 unspecified atom stereocenters. The van der Waals surface area contributed by atoms with Gasteiger partial charge in [-0.1, -0.05) is 6.42 Å². The minimum atomic E-state index is 0.400. The van der Waals surface area contributed by atoms with Crippen LogP contribution < -0.4 is 0 Å². The topological polar surface area (TPSA) is 23.5 Å². The molecular formula is C13H23NO. The van der Waals surface area contributed by atoms with Gasteiger partial charge in [0.05, 0.1) is 0 Å². The van der Waals surface area contributed by atoms with E-state index >= 15 is 0 Å². The first-order valence-electron chi connectivity index (χ1n) is 6.71. The largest absolute Gasteiger partial charge is 0.396 e. The molecule has 0 spiro atoms. The maximum absolute atomic E-state index is 9.26. The van der Waals surface area contributed by atoms with Crippen LogP contribution in [0.3, 0.4) is 0 Å². The van der Waals surface area contributed by atoms with Gasteiger partial charge < -0.3 is 5.11 Å². The van der Waals surface area contributed by atoms with Gasteiger partial charge in [-0.25, -0.2) is 0 Å². The van der Waals surface area contributed by atoms with Gasteiger partial charge in [0.1, 0.15) is 0 Å². The van der Waals surface area contributed by atoms with Crippen molar-refractivity contribution in [3.8, 4) is 0 Å². The van der Waals surface area contributed by atoms with E-state index in [1.807, 2.05) is 0 Å². The van der Waals surface area contributed by atoms with E-state index in [1.54, 1.807) is 0 Å². The third kappa shape index (κ3) is 1.83. The van der Waals surface area contributed by atoms with Crippen molar-refractivity contribution in [2.45, 2.75) is 44.6 Å². The van der Waals surface area contributed by atoms with Crippen LogP contribution in [0.1, 0.15) is 38.5 Å². The molecule has 86 valence electrons. The summed E-state index contributed by atoms with van der Waals surface area (Å²) in [6, 6.07) is 0.887. The van der Waals surface area contributed by atoms with Crippen LogP contribution in [0, 0.1) is 17.8 Å². The molecule has 2 saturated carbocycles. The molecule has 1 N–H and O–H groups in total. The normalized spacial score (nSPS) is 46.2. The van der Waals surface area contributed by atoms with E-state index in [0.717, 1.165) is 17.9 Å². The Morgan fingerprint density at radius 3 is 2.73 bits per heavy atom. The Bertz CT molecular complexity index is 231. The number of likely N-dealkylation sites (tertiary alicyclic amines) is 1. The van der Waals surface area contributed by atoms with Crippen molar-refractivity contribution in [3.05, 3.63) is 0 Å². The number of nitrogens with zero attached hydrogens (tertiary/aromatic N) is 1. The molecule has 3 fully saturated rings. The Morgan fingerprint density at radius 2 is 2.07 bits per heavy atom. The molecule has 0 amide bonds. The van der Waals surface area contributed by atoms with Crippen LogP contribution in [0.15, 0.2) is 0 Å². The second-order valence-corrected chi connectivity index (χ2v) is 5.93. The molecule has 2 aliphatic carbocycles. The number of rotatable bonds is 2. The van der Waals surface area contributed by atoms with Crippen LogP contribution in [-0.4, -0.2) is 35.7 Å². The quantitative estimate of drug-likeness (QED) is 0.750. The molecule has 0 aromatic rings. The Labute approximate surface area is 92.7 Å². The number of fused-ring (bicyclic) bond motifs is 2. The van der Waals surface area contributed by atoms with Gasteiger partial charge in [-0.2, -0.15) is 0 Å². The zero-order valence-electron chi connectivity index (χ0n) is 9.57.